The Morgan fingerprint density at radius 2 is 2.21 bits per heavy atom. The van der Waals surface area contributed by atoms with Crippen molar-refractivity contribution in [1.29, 1.82) is 0 Å². The van der Waals surface area contributed by atoms with Crippen LogP contribution in [0.15, 0.2) is 28.4 Å². The van der Waals surface area contributed by atoms with Crippen LogP contribution in [0.2, 0.25) is 0 Å². The van der Waals surface area contributed by atoms with Gasteiger partial charge in [0, 0.05) is 28.6 Å². The van der Waals surface area contributed by atoms with E-state index >= 15 is 0 Å². The SMILES string of the molecule is Cc1ccc2scc(N3CCC[C@@H](C)C3)c(=O)c2c1. The zero-order valence-electron chi connectivity index (χ0n) is 11.5. The van der Waals surface area contributed by atoms with Crippen LogP contribution in [-0.4, -0.2) is 13.1 Å². The molecule has 100 valence electrons. The molecule has 0 bridgehead atoms. The first-order valence-corrected chi connectivity index (χ1v) is 7.80. The van der Waals surface area contributed by atoms with Crippen LogP contribution in [0.1, 0.15) is 25.3 Å². The molecule has 0 amide bonds. The molecule has 1 aliphatic rings. The minimum absolute atomic E-state index is 0.201. The molecule has 1 aliphatic heterocycles. The van der Waals surface area contributed by atoms with Gasteiger partial charge in [0.25, 0.3) is 0 Å². The Bertz CT molecular complexity index is 661. The van der Waals surface area contributed by atoms with Crippen molar-refractivity contribution in [2.75, 3.05) is 18.0 Å². The molecule has 3 heteroatoms. The van der Waals surface area contributed by atoms with E-state index in [1.54, 1.807) is 11.3 Å². The first-order chi connectivity index (χ1) is 9.15. The Labute approximate surface area is 117 Å². The van der Waals surface area contributed by atoms with Gasteiger partial charge in [0.2, 0.25) is 5.43 Å². The highest BCUT2D eigenvalue weighted by molar-refractivity contribution is 7.16. The molecule has 0 N–H and O–H groups in total. The highest BCUT2D eigenvalue weighted by Gasteiger charge is 2.19. The van der Waals surface area contributed by atoms with Gasteiger partial charge >= 0.3 is 0 Å². The summed E-state index contributed by atoms with van der Waals surface area (Å²) in [6, 6.07) is 6.14. The molecular formula is C16H19NOS. The average molecular weight is 273 g/mol. The molecule has 2 heterocycles. The Morgan fingerprint density at radius 3 is 3.00 bits per heavy atom. The third-order valence-electron chi connectivity index (χ3n) is 3.91. The van der Waals surface area contributed by atoms with E-state index in [1.165, 1.54) is 12.8 Å². The monoisotopic (exact) mass is 273 g/mol. The van der Waals surface area contributed by atoms with Gasteiger partial charge in [0.05, 0.1) is 5.69 Å². The topological polar surface area (TPSA) is 20.3 Å². The van der Waals surface area contributed by atoms with Gasteiger partial charge in [-0.25, -0.2) is 0 Å². The molecule has 0 spiro atoms. The summed E-state index contributed by atoms with van der Waals surface area (Å²) in [5, 5.41) is 2.92. The average Bonchev–Trinajstić information content (AvgIpc) is 2.40. The predicted molar refractivity (Wildman–Crippen MR) is 83.4 cm³/mol. The fourth-order valence-corrected chi connectivity index (χ4v) is 3.78. The Kier molecular flexibility index (Phi) is 3.31. The van der Waals surface area contributed by atoms with Crippen LogP contribution in [0.3, 0.4) is 0 Å². The van der Waals surface area contributed by atoms with E-state index in [0.29, 0.717) is 5.92 Å². The van der Waals surface area contributed by atoms with Crippen molar-refractivity contribution in [3.05, 3.63) is 39.4 Å². The molecule has 1 saturated heterocycles. The maximum absolute atomic E-state index is 12.7. The van der Waals surface area contributed by atoms with Gasteiger partial charge in [-0.2, -0.15) is 0 Å². The van der Waals surface area contributed by atoms with Gasteiger partial charge in [-0.1, -0.05) is 18.6 Å². The standard InChI is InChI=1S/C16H19NOS/c1-11-5-6-15-13(8-11)16(18)14(10-19-15)17-7-3-4-12(2)9-17/h5-6,8,10,12H,3-4,7,9H2,1-2H3/t12-/m1/s1. The lowest BCUT2D eigenvalue weighted by Gasteiger charge is -2.32. The number of hydrogen-bond acceptors (Lipinski definition) is 3. The molecule has 0 unspecified atom stereocenters. The van der Waals surface area contributed by atoms with Crippen LogP contribution in [-0.2, 0) is 0 Å². The highest BCUT2D eigenvalue weighted by Crippen LogP contribution is 2.25. The molecule has 19 heavy (non-hydrogen) atoms. The molecule has 0 aliphatic carbocycles. The van der Waals surface area contributed by atoms with Gasteiger partial charge in [-0.05, 0) is 37.8 Å². The lowest BCUT2D eigenvalue weighted by atomic mass is 10.00. The zero-order valence-corrected chi connectivity index (χ0v) is 12.3. The molecule has 1 aromatic carbocycles. The molecule has 3 rings (SSSR count). The number of hydrogen-bond donors (Lipinski definition) is 0. The smallest absolute Gasteiger partial charge is 0.211 e. The molecule has 0 radical (unpaired) electrons. The number of rotatable bonds is 1. The second-order valence-corrected chi connectivity index (χ2v) is 6.55. The zero-order chi connectivity index (χ0) is 13.4. The van der Waals surface area contributed by atoms with E-state index in [9.17, 15) is 4.79 Å². The van der Waals surface area contributed by atoms with Gasteiger partial charge in [-0.3, -0.25) is 4.79 Å². The first-order valence-electron chi connectivity index (χ1n) is 6.92. The summed E-state index contributed by atoms with van der Waals surface area (Å²) in [7, 11) is 0. The normalized spacial score (nSPS) is 19.9. The minimum Gasteiger partial charge on any atom is -0.367 e. The van der Waals surface area contributed by atoms with E-state index in [2.05, 4.69) is 24.0 Å². The number of piperidine rings is 1. The van der Waals surface area contributed by atoms with E-state index in [-0.39, 0.29) is 5.43 Å². The second kappa shape index (κ2) is 4.97. The van der Waals surface area contributed by atoms with Crippen LogP contribution in [0, 0.1) is 12.8 Å². The van der Waals surface area contributed by atoms with Crippen LogP contribution in [0.4, 0.5) is 5.69 Å². The Morgan fingerprint density at radius 1 is 1.37 bits per heavy atom. The Hall–Kier alpha value is -1.35. The first kappa shape index (κ1) is 12.7. The van der Waals surface area contributed by atoms with E-state index < -0.39 is 0 Å². The molecule has 2 nitrogen and oxygen atoms in total. The summed E-state index contributed by atoms with van der Waals surface area (Å²) >= 11 is 1.68. The van der Waals surface area contributed by atoms with Gasteiger partial charge in [-0.15, -0.1) is 11.3 Å². The molecule has 1 aromatic heterocycles. The summed E-state index contributed by atoms with van der Waals surface area (Å²) in [5.74, 6) is 0.686. The van der Waals surface area contributed by atoms with Crippen LogP contribution < -0.4 is 10.3 Å². The van der Waals surface area contributed by atoms with E-state index in [0.717, 1.165) is 34.4 Å². The minimum atomic E-state index is 0.201. The number of fused-ring (bicyclic) bond motifs is 1. The van der Waals surface area contributed by atoms with Gasteiger partial charge < -0.3 is 4.90 Å². The molecule has 0 saturated carbocycles. The summed E-state index contributed by atoms with van der Waals surface area (Å²) in [6.45, 7) is 6.34. The maximum atomic E-state index is 12.7. The number of aryl methyl sites for hydroxylation is 1. The lowest BCUT2D eigenvalue weighted by Crippen LogP contribution is -2.36. The maximum Gasteiger partial charge on any atom is 0.211 e. The molecule has 1 fully saturated rings. The van der Waals surface area contributed by atoms with E-state index in [1.807, 2.05) is 18.4 Å². The third-order valence-corrected chi connectivity index (χ3v) is 4.86. The van der Waals surface area contributed by atoms with Crippen molar-refractivity contribution >= 4 is 27.1 Å². The second-order valence-electron chi connectivity index (χ2n) is 5.64. The third kappa shape index (κ3) is 2.39. The van der Waals surface area contributed by atoms with E-state index in [4.69, 9.17) is 0 Å². The van der Waals surface area contributed by atoms with Crippen molar-refractivity contribution in [1.82, 2.24) is 0 Å². The summed E-state index contributed by atoms with van der Waals surface area (Å²) < 4.78 is 1.09. The molecule has 2 aromatic rings. The predicted octanol–water partition coefficient (Wildman–Crippen LogP) is 3.81. The quantitative estimate of drug-likeness (QED) is 0.787. The largest absolute Gasteiger partial charge is 0.367 e. The van der Waals surface area contributed by atoms with Crippen molar-refractivity contribution in [3.63, 3.8) is 0 Å². The lowest BCUT2D eigenvalue weighted by molar-refractivity contribution is 0.446. The fraction of sp³-hybridized carbons (Fsp3) is 0.438. The van der Waals surface area contributed by atoms with Crippen molar-refractivity contribution < 1.29 is 0 Å². The van der Waals surface area contributed by atoms with Crippen LogP contribution >= 0.6 is 11.3 Å². The van der Waals surface area contributed by atoms with Crippen molar-refractivity contribution in [2.24, 2.45) is 5.92 Å². The van der Waals surface area contributed by atoms with Gasteiger partial charge in [0.15, 0.2) is 0 Å². The molecular weight excluding hydrogens is 254 g/mol. The van der Waals surface area contributed by atoms with Gasteiger partial charge in [0.1, 0.15) is 0 Å². The van der Waals surface area contributed by atoms with Crippen molar-refractivity contribution in [3.8, 4) is 0 Å². The number of benzene rings is 1. The number of nitrogens with zero attached hydrogens (tertiary/aromatic N) is 1. The summed E-state index contributed by atoms with van der Waals surface area (Å²) in [4.78, 5) is 14.9. The fourth-order valence-electron chi connectivity index (χ4n) is 2.86. The molecule has 1 atom stereocenters. The van der Waals surface area contributed by atoms with Crippen LogP contribution in [0.5, 0.6) is 0 Å². The highest BCUT2D eigenvalue weighted by atomic mass is 32.1. The van der Waals surface area contributed by atoms with Crippen molar-refractivity contribution in [2.45, 2.75) is 26.7 Å². The van der Waals surface area contributed by atoms with Crippen LogP contribution in [0.25, 0.3) is 10.1 Å². The summed E-state index contributed by atoms with van der Waals surface area (Å²) in [6.07, 6.45) is 2.47. The Balaban J connectivity index is 2.09. The number of anilines is 1. The summed E-state index contributed by atoms with van der Waals surface area (Å²) in [5.41, 5.74) is 2.25.